The minimum Gasteiger partial charge on any atom is -0.495 e. The molecule has 0 radical (unpaired) electrons. The second-order valence-corrected chi connectivity index (χ2v) is 6.78. The number of anilines is 1. The van der Waals surface area contributed by atoms with Crippen molar-refractivity contribution in [2.45, 2.75) is 45.2 Å². The third kappa shape index (κ3) is 2.89. The van der Waals surface area contributed by atoms with Gasteiger partial charge in [-0.1, -0.05) is 32.4 Å². The van der Waals surface area contributed by atoms with Crippen LogP contribution in [0.25, 0.3) is 0 Å². The SMILES string of the molecule is COc1ccccc1N1CC2CCCCN2CC1C(C)C. The van der Waals surface area contributed by atoms with Crippen LogP contribution in [0.5, 0.6) is 5.75 Å². The average Bonchev–Trinajstić information content (AvgIpc) is 2.53. The van der Waals surface area contributed by atoms with Gasteiger partial charge in [-0.3, -0.25) is 4.90 Å². The van der Waals surface area contributed by atoms with E-state index in [4.69, 9.17) is 4.74 Å². The summed E-state index contributed by atoms with van der Waals surface area (Å²) in [6.07, 6.45) is 4.10. The van der Waals surface area contributed by atoms with Crippen LogP contribution in [0, 0.1) is 5.92 Å². The van der Waals surface area contributed by atoms with Crippen molar-refractivity contribution in [1.29, 1.82) is 0 Å². The topological polar surface area (TPSA) is 15.7 Å². The number of fused-ring (bicyclic) bond motifs is 1. The van der Waals surface area contributed by atoms with Crippen LogP contribution in [0.3, 0.4) is 0 Å². The predicted molar refractivity (Wildman–Crippen MR) is 88.2 cm³/mol. The molecule has 0 spiro atoms. The summed E-state index contributed by atoms with van der Waals surface area (Å²) < 4.78 is 5.61. The molecule has 0 saturated carbocycles. The van der Waals surface area contributed by atoms with Crippen molar-refractivity contribution >= 4 is 5.69 Å². The number of ether oxygens (including phenoxy) is 1. The number of benzene rings is 1. The number of methoxy groups -OCH3 is 1. The molecule has 1 aromatic rings. The van der Waals surface area contributed by atoms with E-state index in [1.807, 2.05) is 0 Å². The van der Waals surface area contributed by atoms with Gasteiger partial charge in [0.1, 0.15) is 5.75 Å². The lowest BCUT2D eigenvalue weighted by Crippen LogP contribution is -2.61. The van der Waals surface area contributed by atoms with E-state index in [0.717, 1.165) is 18.3 Å². The molecule has 0 bridgehead atoms. The molecule has 3 rings (SSSR count). The lowest BCUT2D eigenvalue weighted by molar-refractivity contribution is 0.100. The lowest BCUT2D eigenvalue weighted by Gasteiger charge is -2.51. The van der Waals surface area contributed by atoms with E-state index < -0.39 is 0 Å². The Labute approximate surface area is 128 Å². The van der Waals surface area contributed by atoms with Gasteiger partial charge in [-0.05, 0) is 37.4 Å². The number of rotatable bonds is 3. The molecule has 2 unspecified atom stereocenters. The summed E-state index contributed by atoms with van der Waals surface area (Å²) in [6, 6.07) is 9.79. The molecule has 3 heteroatoms. The molecule has 2 fully saturated rings. The van der Waals surface area contributed by atoms with Gasteiger partial charge in [0, 0.05) is 25.2 Å². The Kier molecular flexibility index (Phi) is 4.39. The van der Waals surface area contributed by atoms with Crippen LogP contribution in [0.15, 0.2) is 24.3 Å². The normalized spacial score (nSPS) is 26.8. The highest BCUT2D eigenvalue weighted by Crippen LogP contribution is 2.35. The van der Waals surface area contributed by atoms with Gasteiger partial charge in [0.25, 0.3) is 0 Å². The van der Waals surface area contributed by atoms with Crippen molar-refractivity contribution < 1.29 is 4.74 Å². The zero-order valence-corrected chi connectivity index (χ0v) is 13.6. The highest BCUT2D eigenvalue weighted by Gasteiger charge is 2.37. The van der Waals surface area contributed by atoms with E-state index in [-0.39, 0.29) is 0 Å². The van der Waals surface area contributed by atoms with Crippen LogP contribution >= 0.6 is 0 Å². The van der Waals surface area contributed by atoms with Crippen LogP contribution in [0.1, 0.15) is 33.1 Å². The first-order valence-corrected chi connectivity index (χ1v) is 8.34. The first-order chi connectivity index (χ1) is 10.2. The average molecular weight is 288 g/mol. The van der Waals surface area contributed by atoms with Crippen molar-refractivity contribution in [3.8, 4) is 5.75 Å². The van der Waals surface area contributed by atoms with E-state index in [0.29, 0.717) is 12.0 Å². The number of piperazine rings is 1. The molecule has 0 N–H and O–H groups in total. The Morgan fingerprint density at radius 1 is 1.14 bits per heavy atom. The lowest BCUT2D eigenvalue weighted by atomic mass is 9.91. The zero-order valence-electron chi connectivity index (χ0n) is 13.6. The molecule has 0 amide bonds. The summed E-state index contributed by atoms with van der Waals surface area (Å²) in [6.45, 7) is 8.31. The maximum absolute atomic E-state index is 5.61. The number of piperidine rings is 1. The first-order valence-electron chi connectivity index (χ1n) is 8.34. The van der Waals surface area contributed by atoms with Gasteiger partial charge in [0.05, 0.1) is 12.8 Å². The molecule has 2 heterocycles. The van der Waals surface area contributed by atoms with Crippen LogP contribution < -0.4 is 9.64 Å². The van der Waals surface area contributed by atoms with Gasteiger partial charge in [-0.15, -0.1) is 0 Å². The van der Waals surface area contributed by atoms with E-state index in [2.05, 4.69) is 47.9 Å². The predicted octanol–water partition coefficient (Wildman–Crippen LogP) is 3.39. The second-order valence-electron chi connectivity index (χ2n) is 6.78. The van der Waals surface area contributed by atoms with Gasteiger partial charge in [-0.2, -0.15) is 0 Å². The van der Waals surface area contributed by atoms with Crippen LogP contribution in [0.4, 0.5) is 5.69 Å². The molecular formula is C18H28N2O. The van der Waals surface area contributed by atoms with Gasteiger partial charge in [-0.25, -0.2) is 0 Å². The Hall–Kier alpha value is -1.22. The van der Waals surface area contributed by atoms with Crippen molar-refractivity contribution in [2.75, 3.05) is 31.6 Å². The number of nitrogens with zero attached hydrogens (tertiary/aromatic N) is 2. The molecule has 0 aromatic heterocycles. The molecule has 2 aliphatic heterocycles. The summed E-state index contributed by atoms with van der Waals surface area (Å²) in [7, 11) is 1.78. The number of hydrogen-bond acceptors (Lipinski definition) is 3. The van der Waals surface area contributed by atoms with E-state index in [9.17, 15) is 0 Å². The van der Waals surface area contributed by atoms with Crippen molar-refractivity contribution in [3.05, 3.63) is 24.3 Å². The van der Waals surface area contributed by atoms with Gasteiger partial charge in [0.2, 0.25) is 0 Å². The summed E-state index contributed by atoms with van der Waals surface area (Å²) in [5, 5.41) is 0. The van der Waals surface area contributed by atoms with Gasteiger partial charge >= 0.3 is 0 Å². The number of hydrogen-bond donors (Lipinski definition) is 0. The standard InChI is InChI=1S/C18H28N2O/c1-14(2)17-13-19-11-7-6-8-15(19)12-20(17)16-9-4-5-10-18(16)21-3/h4-5,9-10,14-15,17H,6-8,11-13H2,1-3H3. The zero-order chi connectivity index (χ0) is 14.8. The summed E-state index contributed by atoms with van der Waals surface area (Å²) >= 11 is 0. The molecule has 3 nitrogen and oxygen atoms in total. The largest absolute Gasteiger partial charge is 0.495 e. The number of para-hydroxylation sites is 2. The maximum Gasteiger partial charge on any atom is 0.142 e. The van der Waals surface area contributed by atoms with Crippen molar-refractivity contribution in [1.82, 2.24) is 4.90 Å². The van der Waals surface area contributed by atoms with E-state index in [1.54, 1.807) is 7.11 Å². The Balaban J connectivity index is 1.90. The van der Waals surface area contributed by atoms with E-state index in [1.165, 1.54) is 38.0 Å². The fraction of sp³-hybridized carbons (Fsp3) is 0.667. The summed E-state index contributed by atoms with van der Waals surface area (Å²) in [4.78, 5) is 5.33. The van der Waals surface area contributed by atoms with E-state index >= 15 is 0 Å². The minimum absolute atomic E-state index is 0.579. The van der Waals surface area contributed by atoms with Crippen LogP contribution in [-0.4, -0.2) is 43.7 Å². The smallest absolute Gasteiger partial charge is 0.142 e. The third-order valence-electron chi connectivity index (χ3n) is 5.14. The molecule has 0 aliphatic carbocycles. The molecular weight excluding hydrogens is 260 g/mol. The third-order valence-corrected chi connectivity index (χ3v) is 5.14. The molecule has 1 aromatic carbocycles. The maximum atomic E-state index is 5.61. The summed E-state index contributed by atoms with van der Waals surface area (Å²) in [5.41, 5.74) is 1.27. The molecule has 2 atom stereocenters. The van der Waals surface area contributed by atoms with Crippen LogP contribution in [-0.2, 0) is 0 Å². The first kappa shape index (κ1) is 14.7. The van der Waals surface area contributed by atoms with Crippen LogP contribution in [0.2, 0.25) is 0 Å². The molecule has 116 valence electrons. The minimum atomic E-state index is 0.579. The summed E-state index contributed by atoms with van der Waals surface area (Å²) in [5.74, 6) is 1.66. The molecule has 21 heavy (non-hydrogen) atoms. The van der Waals surface area contributed by atoms with Gasteiger partial charge < -0.3 is 9.64 Å². The highest BCUT2D eigenvalue weighted by atomic mass is 16.5. The van der Waals surface area contributed by atoms with Gasteiger partial charge in [0.15, 0.2) is 0 Å². The Morgan fingerprint density at radius 2 is 1.95 bits per heavy atom. The quantitative estimate of drug-likeness (QED) is 0.848. The fourth-order valence-electron chi connectivity index (χ4n) is 3.92. The monoisotopic (exact) mass is 288 g/mol. The molecule has 2 aliphatic rings. The molecule has 2 saturated heterocycles. The van der Waals surface area contributed by atoms with Crippen molar-refractivity contribution in [3.63, 3.8) is 0 Å². The highest BCUT2D eigenvalue weighted by molar-refractivity contribution is 5.59. The Morgan fingerprint density at radius 3 is 2.71 bits per heavy atom. The van der Waals surface area contributed by atoms with Crippen molar-refractivity contribution in [2.24, 2.45) is 5.92 Å². The fourth-order valence-corrected chi connectivity index (χ4v) is 3.92. The second kappa shape index (κ2) is 6.27. The Bertz CT molecular complexity index is 474.